The Bertz CT molecular complexity index is 672. The van der Waals surface area contributed by atoms with Gasteiger partial charge in [0, 0.05) is 36.1 Å². The molecule has 5 heteroatoms. The van der Waals surface area contributed by atoms with Crippen molar-refractivity contribution in [3.63, 3.8) is 0 Å². The summed E-state index contributed by atoms with van der Waals surface area (Å²) < 4.78 is 0. The van der Waals surface area contributed by atoms with Gasteiger partial charge in [-0.3, -0.25) is 15.1 Å². The Morgan fingerprint density at radius 3 is 2.90 bits per heavy atom. The standard InChI is InChI=1S/C16H19N3O2/c1-11-2-3-12(8-11)9-18-15-4-5-16(19(20)21)14-10-17-7-6-13(14)15/h4-7,10-12,18H,2-3,8-9H2,1H3. The zero-order chi connectivity index (χ0) is 14.8. The van der Waals surface area contributed by atoms with Crippen molar-refractivity contribution in [2.45, 2.75) is 26.2 Å². The first-order valence-corrected chi connectivity index (χ1v) is 7.40. The van der Waals surface area contributed by atoms with Crippen molar-refractivity contribution in [2.75, 3.05) is 11.9 Å². The van der Waals surface area contributed by atoms with E-state index in [1.165, 1.54) is 19.3 Å². The van der Waals surface area contributed by atoms with Gasteiger partial charge in [0.15, 0.2) is 0 Å². The first kappa shape index (κ1) is 13.8. The molecule has 1 N–H and O–H groups in total. The van der Waals surface area contributed by atoms with Gasteiger partial charge in [-0.05, 0) is 36.8 Å². The average molecular weight is 285 g/mol. The average Bonchev–Trinajstić information content (AvgIpc) is 2.90. The molecule has 2 unspecified atom stereocenters. The van der Waals surface area contributed by atoms with Gasteiger partial charge < -0.3 is 5.32 Å². The minimum absolute atomic E-state index is 0.109. The smallest absolute Gasteiger partial charge is 0.278 e. The Hall–Kier alpha value is -2.17. The molecule has 0 radical (unpaired) electrons. The molecule has 2 aromatic rings. The van der Waals surface area contributed by atoms with Crippen LogP contribution in [0, 0.1) is 22.0 Å². The van der Waals surface area contributed by atoms with Crippen LogP contribution in [0.3, 0.4) is 0 Å². The van der Waals surface area contributed by atoms with Crippen LogP contribution in [0.15, 0.2) is 30.6 Å². The largest absolute Gasteiger partial charge is 0.384 e. The number of nitrogens with one attached hydrogen (secondary N) is 1. The molecule has 0 aliphatic heterocycles. The van der Waals surface area contributed by atoms with E-state index in [9.17, 15) is 10.1 Å². The summed E-state index contributed by atoms with van der Waals surface area (Å²) in [5.74, 6) is 1.52. The van der Waals surface area contributed by atoms with E-state index in [1.54, 1.807) is 24.5 Å². The number of pyridine rings is 1. The Kier molecular flexibility index (Phi) is 3.73. The minimum atomic E-state index is -0.355. The number of rotatable bonds is 4. The third-order valence-corrected chi connectivity index (χ3v) is 4.38. The molecule has 1 aromatic carbocycles. The number of nitro benzene ring substituents is 1. The molecule has 1 aliphatic rings. The number of fused-ring (bicyclic) bond motifs is 1. The second kappa shape index (κ2) is 5.68. The number of hydrogen-bond donors (Lipinski definition) is 1. The van der Waals surface area contributed by atoms with E-state index in [-0.39, 0.29) is 10.6 Å². The molecule has 1 fully saturated rings. The lowest BCUT2D eigenvalue weighted by Gasteiger charge is -2.14. The molecule has 3 rings (SSSR count). The van der Waals surface area contributed by atoms with Gasteiger partial charge in [-0.25, -0.2) is 0 Å². The summed E-state index contributed by atoms with van der Waals surface area (Å²) in [5, 5.41) is 16.0. The van der Waals surface area contributed by atoms with Crippen molar-refractivity contribution in [1.82, 2.24) is 4.98 Å². The Labute approximate surface area is 123 Å². The van der Waals surface area contributed by atoms with Crippen LogP contribution in [0.5, 0.6) is 0 Å². The van der Waals surface area contributed by atoms with Crippen molar-refractivity contribution in [3.05, 3.63) is 40.7 Å². The molecule has 1 aromatic heterocycles. The zero-order valence-electron chi connectivity index (χ0n) is 12.1. The summed E-state index contributed by atoms with van der Waals surface area (Å²) in [7, 11) is 0. The topological polar surface area (TPSA) is 68.1 Å². The van der Waals surface area contributed by atoms with E-state index in [2.05, 4.69) is 17.2 Å². The van der Waals surface area contributed by atoms with E-state index in [0.29, 0.717) is 11.3 Å². The fourth-order valence-electron chi connectivity index (χ4n) is 3.25. The van der Waals surface area contributed by atoms with Crippen molar-refractivity contribution in [2.24, 2.45) is 11.8 Å². The predicted octanol–water partition coefficient (Wildman–Crippen LogP) is 3.99. The number of non-ortho nitro benzene ring substituents is 1. The maximum atomic E-state index is 11.1. The van der Waals surface area contributed by atoms with Crippen LogP contribution < -0.4 is 5.32 Å². The summed E-state index contributed by atoms with van der Waals surface area (Å²) in [5.41, 5.74) is 1.07. The number of nitrogens with zero attached hydrogens (tertiary/aromatic N) is 2. The quantitative estimate of drug-likeness (QED) is 0.681. The lowest BCUT2D eigenvalue weighted by atomic mass is 10.1. The maximum Gasteiger partial charge on any atom is 0.278 e. The highest BCUT2D eigenvalue weighted by molar-refractivity contribution is 5.99. The number of hydrogen-bond acceptors (Lipinski definition) is 4. The van der Waals surface area contributed by atoms with Crippen LogP contribution >= 0.6 is 0 Å². The number of nitro groups is 1. The summed E-state index contributed by atoms with van der Waals surface area (Å²) in [6.45, 7) is 3.23. The zero-order valence-corrected chi connectivity index (χ0v) is 12.1. The van der Waals surface area contributed by atoms with Crippen LogP contribution in [-0.4, -0.2) is 16.5 Å². The lowest BCUT2D eigenvalue weighted by molar-refractivity contribution is -0.383. The van der Waals surface area contributed by atoms with Crippen LogP contribution in [0.25, 0.3) is 10.8 Å². The predicted molar refractivity (Wildman–Crippen MR) is 83.4 cm³/mol. The maximum absolute atomic E-state index is 11.1. The molecule has 21 heavy (non-hydrogen) atoms. The molecule has 0 bridgehead atoms. The highest BCUT2D eigenvalue weighted by Crippen LogP contribution is 2.33. The number of anilines is 1. The van der Waals surface area contributed by atoms with E-state index in [0.717, 1.165) is 23.5 Å². The van der Waals surface area contributed by atoms with E-state index in [4.69, 9.17) is 0 Å². The van der Waals surface area contributed by atoms with Gasteiger partial charge in [-0.15, -0.1) is 0 Å². The van der Waals surface area contributed by atoms with Crippen molar-refractivity contribution < 1.29 is 4.92 Å². The molecular formula is C16H19N3O2. The van der Waals surface area contributed by atoms with Gasteiger partial charge in [-0.1, -0.05) is 13.3 Å². The van der Waals surface area contributed by atoms with E-state index in [1.807, 2.05) is 6.07 Å². The van der Waals surface area contributed by atoms with E-state index < -0.39 is 0 Å². The summed E-state index contributed by atoms with van der Waals surface area (Å²) >= 11 is 0. The molecule has 110 valence electrons. The van der Waals surface area contributed by atoms with Crippen molar-refractivity contribution in [1.29, 1.82) is 0 Å². The van der Waals surface area contributed by atoms with Crippen molar-refractivity contribution >= 4 is 22.1 Å². The minimum Gasteiger partial charge on any atom is -0.384 e. The van der Waals surface area contributed by atoms with Gasteiger partial charge in [0.2, 0.25) is 0 Å². The third kappa shape index (κ3) is 2.82. The molecular weight excluding hydrogens is 266 g/mol. The molecule has 1 saturated carbocycles. The molecule has 0 spiro atoms. The van der Waals surface area contributed by atoms with Crippen LogP contribution in [0.1, 0.15) is 26.2 Å². The second-order valence-corrected chi connectivity index (χ2v) is 5.98. The normalized spacial score (nSPS) is 21.6. The summed E-state index contributed by atoms with van der Waals surface area (Å²) in [6, 6.07) is 5.20. The molecule has 2 atom stereocenters. The van der Waals surface area contributed by atoms with Gasteiger partial charge >= 0.3 is 0 Å². The number of benzene rings is 1. The van der Waals surface area contributed by atoms with Crippen LogP contribution in [-0.2, 0) is 0 Å². The first-order valence-electron chi connectivity index (χ1n) is 7.40. The fourth-order valence-corrected chi connectivity index (χ4v) is 3.25. The molecule has 1 aliphatic carbocycles. The highest BCUT2D eigenvalue weighted by atomic mass is 16.6. The second-order valence-electron chi connectivity index (χ2n) is 5.98. The third-order valence-electron chi connectivity index (χ3n) is 4.38. The SMILES string of the molecule is CC1CCC(CNc2ccc([N+](=O)[O-])c3cnccc23)C1. The Morgan fingerprint density at radius 1 is 1.33 bits per heavy atom. The monoisotopic (exact) mass is 285 g/mol. The fraction of sp³-hybridized carbons (Fsp3) is 0.438. The van der Waals surface area contributed by atoms with Crippen molar-refractivity contribution in [3.8, 4) is 0 Å². The lowest BCUT2D eigenvalue weighted by Crippen LogP contribution is -2.11. The van der Waals surface area contributed by atoms with Gasteiger partial charge in [0.05, 0.1) is 10.3 Å². The molecule has 0 amide bonds. The van der Waals surface area contributed by atoms with Gasteiger partial charge in [0.25, 0.3) is 5.69 Å². The highest BCUT2D eigenvalue weighted by Gasteiger charge is 2.21. The molecule has 5 nitrogen and oxygen atoms in total. The van der Waals surface area contributed by atoms with Crippen LogP contribution in [0.2, 0.25) is 0 Å². The van der Waals surface area contributed by atoms with Crippen LogP contribution in [0.4, 0.5) is 11.4 Å². The first-order chi connectivity index (χ1) is 10.1. The van der Waals surface area contributed by atoms with Gasteiger partial charge in [0.1, 0.15) is 0 Å². The Morgan fingerprint density at radius 2 is 2.19 bits per heavy atom. The molecule has 0 saturated heterocycles. The molecule has 1 heterocycles. The van der Waals surface area contributed by atoms with Gasteiger partial charge in [-0.2, -0.15) is 0 Å². The van der Waals surface area contributed by atoms with E-state index >= 15 is 0 Å². The summed E-state index contributed by atoms with van der Waals surface area (Å²) in [4.78, 5) is 14.7. The summed E-state index contributed by atoms with van der Waals surface area (Å²) in [6.07, 6.45) is 7.07. The Balaban J connectivity index is 1.86. The number of aromatic nitrogens is 1.